The van der Waals surface area contributed by atoms with Crippen molar-refractivity contribution in [1.29, 1.82) is 0 Å². The fourth-order valence-electron chi connectivity index (χ4n) is 6.08. The summed E-state index contributed by atoms with van der Waals surface area (Å²) in [6.45, 7) is 7.15. The van der Waals surface area contributed by atoms with Gasteiger partial charge in [0.1, 0.15) is 12.2 Å². The fourth-order valence-corrected chi connectivity index (χ4v) is 6.08. The van der Waals surface area contributed by atoms with Crippen LogP contribution in [-0.2, 0) is 6.42 Å². The molecule has 1 amide bonds. The van der Waals surface area contributed by atoms with Gasteiger partial charge in [0.2, 0.25) is 0 Å². The maximum atomic E-state index is 13.2. The lowest BCUT2D eigenvalue weighted by molar-refractivity contribution is -0.130. The lowest BCUT2D eigenvalue weighted by Gasteiger charge is -2.49. The Bertz CT molecular complexity index is 1130. The first-order valence-corrected chi connectivity index (χ1v) is 13.1. The monoisotopic (exact) mass is 521 g/mol. The second kappa shape index (κ2) is 9.44. The third kappa shape index (κ3) is 5.25. The van der Waals surface area contributed by atoms with Crippen LogP contribution in [0, 0.1) is 24.2 Å². The second-order valence-corrected chi connectivity index (χ2v) is 11.1. The number of phenolic OH excluding ortho intramolecular Hbond substituents is 1. The number of hydrogen-bond donors (Lipinski definition) is 2. The number of benzene rings is 1. The molecular weight excluding hydrogens is 487 g/mol. The highest BCUT2D eigenvalue weighted by Gasteiger charge is 2.43. The lowest BCUT2D eigenvalue weighted by atomic mass is 9.64. The van der Waals surface area contributed by atoms with E-state index in [1.165, 1.54) is 18.9 Å². The van der Waals surface area contributed by atoms with Crippen molar-refractivity contribution in [1.82, 2.24) is 4.98 Å². The molecule has 2 heterocycles. The van der Waals surface area contributed by atoms with Crippen LogP contribution in [0.5, 0.6) is 11.5 Å². The summed E-state index contributed by atoms with van der Waals surface area (Å²) in [5.74, 6) is 0.286. The number of carbonyl (C=O) groups excluding carboxylic acids is 1. The molecule has 202 valence electrons. The molecule has 10 heteroatoms. The van der Waals surface area contributed by atoms with Crippen molar-refractivity contribution >= 4 is 17.6 Å². The third-order valence-electron chi connectivity index (χ3n) is 8.41. The summed E-state index contributed by atoms with van der Waals surface area (Å²) in [7, 11) is 0. The lowest BCUT2D eigenvalue weighted by Crippen LogP contribution is -2.56. The number of alkyl halides is 3. The van der Waals surface area contributed by atoms with Crippen LogP contribution in [0.1, 0.15) is 74.2 Å². The number of nitrogens with zero attached hydrogens (tertiary/aromatic N) is 2. The van der Waals surface area contributed by atoms with E-state index in [9.17, 15) is 23.1 Å². The number of halogens is 3. The van der Waals surface area contributed by atoms with Crippen molar-refractivity contribution in [3.05, 3.63) is 29.2 Å². The molecule has 1 saturated heterocycles. The van der Waals surface area contributed by atoms with E-state index in [1.807, 2.05) is 0 Å². The molecule has 4 aliphatic rings. The van der Waals surface area contributed by atoms with E-state index in [2.05, 4.69) is 24.1 Å². The highest BCUT2D eigenvalue weighted by Crippen LogP contribution is 2.47. The number of phenols is 1. The molecule has 1 aromatic carbocycles. The maximum absolute atomic E-state index is 13.2. The van der Waals surface area contributed by atoms with E-state index in [0.29, 0.717) is 36.2 Å². The van der Waals surface area contributed by atoms with Gasteiger partial charge in [0.15, 0.2) is 17.2 Å². The Kier molecular flexibility index (Phi) is 6.56. The molecule has 1 aromatic heterocycles. The standard InChI is InChI=1S/C27H34F3N3O4/c1-4-26(5-2)13-33(14-26)25-32-22(21(37-25)12-27(28,29)30)24(35)31-18-6-15(3)23(20(34)11-18)36-19-9-16-7-17(8-16)10-19/h6,11,16-17,19,34H,4-5,7-10,12-14H2,1-3H3,(H,31,35). The van der Waals surface area contributed by atoms with Crippen LogP contribution in [0.25, 0.3) is 0 Å². The number of ether oxygens (including phenoxy) is 1. The van der Waals surface area contributed by atoms with E-state index in [0.717, 1.165) is 25.7 Å². The van der Waals surface area contributed by atoms with Crippen molar-refractivity contribution in [3.8, 4) is 11.5 Å². The summed E-state index contributed by atoms with van der Waals surface area (Å²) in [5.41, 5.74) is 0.540. The van der Waals surface area contributed by atoms with Crippen molar-refractivity contribution in [2.75, 3.05) is 23.3 Å². The van der Waals surface area contributed by atoms with E-state index >= 15 is 0 Å². The molecule has 0 unspecified atom stereocenters. The number of nitrogens with one attached hydrogen (secondary N) is 1. The van der Waals surface area contributed by atoms with Gasteiger partial charge in [-0.25, -0.2) is 0 Å². The average molecular weight is 522 g/mol. The topological polar surface area (TPSA) is 87.8 Å². The van der Waals surface area contributed by atoms with E-state index < -0.39 is 30.0 Å². The van der Waals surface area contributed by atoms with Crippen molar-refractivity contribution in [2.24, 2.45) is 17.3 Å². The number of anilines is 2. The zero-order chi connectivity index (χ0) is 26.5. The molecule has 1 aliphatic heterocycles. The molecule has 2 bridgehead atoms. The number of fused-ring (bicyclic) bond motifs is 2. The Morgan fingerprint density at radius 1 is 1.19 bits per heavy atom. The number of aryl methyl sites for hydroxylation is 1. The molecule has 0 radical (unpaired) electrons. The molecule has 6 rings (SSSR count). The number of carbonyl (C=O) groups is 1. The summed E-state index contributed by atoms with van der Waals surface area (Å²) in [6, 6.07) is 3.00. The Hall–Kier alpha value is -2.91. The van der Waals surface area contributed by atoms with E-state index in [4.69, 9.17) is 9.15 Å². The second-order valence-electron chi connectivity index (χ2n) is 11.1. The van der Waals surface area contributed by atoms with Crippen LogP contribution in [0.15, 0.2) is 16.5 Å². The minimum absolute atomic E-state index is 0.0234. The summed E-state index contributed by atoms with van der Waals surface area (Å²) in [4.78, 5) is 19.0. The first-order chi connectivity index (χ1) is 17.5. The SMILES string of the molecule is CCC1(CC)CN(c2nc(C(=O)Nc3cc(C)c(OC4CC5CC(C5)C4)c(O)c3)c(CC(F)(F)F)o2)C1. The predicted molar refractivity (Wildman–Crippen MR) is 132 cm³/mol. The smallest absolute Gasteiger partial charge is 0.396 e. The van der Waals surface area contributed by atoms with Crippen LogP contribution in [0.4, 0.5) is 24.9 Å². The quantitative estimate of drug-likeness (QED) is 0.428. The van der Waals surface area contributed by atoms with Gasteiger partial charge in [-0.15, -0.1) is 0 Å². The first-order valence-electron chi connectivity index (χ1n) is 13.1. The summed E-state index contributed by atoms with van der Waals surface area (Å²) in [5, 5.41) is 13.2. The molecule has 0 spiro atoms. The van der Waals surface area contributed by atoms with Gasteiger partial charge >= 0.3 is 6.18 Å². The Balaban J connectivity index is 1.32. The van der Waals surface area contributed by atoms with Gasteiger partial charge in [-0.3, -0.25) is 4.79 Å². The van der Waals surface area contributed by atoms with Gasteiger partial charge < -0.3 is 24.5 Å². The van der Waals surface area contributed by atoms with E-state index in [1.54, 1.807) is 17.9 Å². The number of amides is 1. The van der Waals surface area contributed by atoms with Crippen molar-refractivity contribution in [3.63, 3.8) is 0 Å². The van der Waals surface area contributed by atoms with Gasteiger partial charge in [-0.1, -0.05) is 13.8 Å². The number of rotatable bonds is 8. The minimum atomic E-state index is -4.56. The molecule has 4 fully saturated rings. The molecule has 0 atom stereocenters. The summed E-state index contributed by atoms with van der Waals surface area (Å²) in [6.07, 6.45) is 0.424. The van der Waals surface area contributed by atoms with Gasteiger partial charge in [-0.05, 0) is 68.9 Å². The van der Waals surface area contributed by atoms with Crippen LogP contribution in [0.2, 0.25) is 0 Å². The molecule has 2 aromatic rings. The molecule has 3 saturated carbocycles. The molecule has 7 nitrogen and oxygen atoms in total. The molecule has 37 heavy (non-hydrogen) atoms. The van der Waals surface area contributed by atoms with Gasteiger partial charge in [-0.2, -0.15) is 18.2 Å². The molecule has 3 aliphatic carbocycles. The highest BCUT2D eigenvalue weighted by atomic mass is 19.4. The van der Waals surface area contributed by atoms with Crippen molar-refractivity contribution in [2.45, 2.75) is 78.0 Å². The van der Waals surface area contributed by atoms with Gasteiger partial charge in [0.05, 0.1) is 6.10 Å². The first kappa shape index (κ1) is 25.7. The van der Waals surface area contributed by atoms with Crippen LogP contribution < -0.4 is 15.0 Å². The number of hydrogen-bond acceptors (Lipinski definition) is 6. The van der Waals surface area contributed by atoms with Crippen LogP contribution in [-0.4, -0.2) is 41.4 Å². The zero-order valence-corrected chi connectivity index (χ0v) is 21.5. The van der Waals surface area contributed by atoms with Gasteiger partial charge in [0.25, 0.3) is 11.9 Å². The number of aromatic hydroxyl groups is 1. The Morgan fingerprint density at radius 3 is 2.41 bits per heavy atom. The normalized spacial score (nSPS) is 24.3. The fraction of sp³-hybridized carbons (Fsp3) is 0.630. The van der Waals surface area contributed by atoms with Gasteiger partial charge in [0, 0.05) is 30.3 Å². The Morgan fingerprint density at radius 2 is 1.84 bits per heavy atom. The molecular formula is C27H34F3N3O4. The number of oxazole rings is 1. The summed E-state index contributed by atoms with van der Waals surface area (Å²) >= 11 is 0. The van der Waals surface area contributed by atoms with Crippen LogP contribution in [0.3, 0.4) is 0 Å². The van der Waals surface area contributed by atoms with Crippen LogP contribution >= 0.6 is 0 Å². The average Bonchev–Trinajstić information content (AvgIpc) is 3.18. The Labute approximate surface area is 214 Å². The van der Waals surface area contributed by atoms with E-state index in [-0.39, 0.29) is 29.0 Å². The summed E-state index contributed by atoms with van der Waals surface area (Å²) < 4.78 is 51.3. The number of aromatic nitrogens is 1. The highest BCUT2D eigenvalue weighted by molar-refractivity contribution is 6.04. The predicted octanol–water partition coefficient (Wildman–Crippen LogP) is 6.24. The zero-order valence-electron chi connectivity index (χ0n) is 21.5. The minimum Gasteiger partial charge on any atom is -0.504 e. The molecule has 2 N–H and O–H groups in total. The largest absolute Gasteiger partial charge is 0.504 e. The van der Waals surface area contributed by atoms with Crippen molar-refractivity contribution < 1.29 is 32.2 Å². The third-order valence-corrected chi connectivity index (χ3v) is 8.41. The maximum Gasteiger partial charge on any atom is 0.396 e.